The molecular weight excluding hydrogens is 379 g/mol. The number of halogens is 3. The number of aliphatic imine (C=N–C) groups is 1. The van der Waals surface area contributed by atoms with Gasteiger partial charge in [-0.15, -0.1) is 24.0 Å². The Bertz CT molecular complexity index is 444. The van der Waals surface area contributed by atoms with E-state index in [9.17, 15) is 8.78 Å². The predicted octanol–water partition coefficient (Wildman–Crippen LogP) is 2.28. The van der Waals surface area contributed by atoms with E-state index >= 15 is 0 Å². The summed E-state index contributed by atoms with van der Waals surface area (Å²) in [4.78, 5) is 4.00. The van der Waals surface area contributed by atoms with Crippen LogP contribution in [-0.4, -0.2) is 32.8 Å². The van der Waals surface area contributed by atoms with E-state index in [1.54, 1.807) is 14.2 Å². The first kappa shape index (κ1) is 19.0. The molecule has 0 aliphatic carbocycles. The number of nitrogens with zero attached hydrogens (tertiary/aromatic N) is 1. The summed E-state index contributed by atoms with van der Waals surface area (Å²) in [5, 5.41) is 5.99. The summed E-state index contributed by atoms with van der Waals surface area (Å²) >= 11 is 0. The third-order valence-electron chi connectivity index (χ3n) is 2.48. The Labute approximate surface area is 135 Å². The highest BCUT2D eigenvalue weighted by atomic mass is 127. The van der Waals surface area contributed by atoms with Gasteiger partial charge in [0.25, 0.3) is 0 Å². The normalized spacial score (nSPS) is 12.6. The summed E-state index contributed by atoms with van der Waals surface area (Å²) in [7, 11) is 3.22. The first-order valence-electron chi connectivity index (χ1n) is 5.97. The van der Waals surface area contributed by atoms with Crippen molar-refractivity contribution >= 4 is 29.9 Å². The molecule has 0 spiro atoms. The molecule has 0 fully saturated rings. The van der Waals surface area contributed by atoms with Crippen molar-refractivity contribution < 1.29 is 13.5 Å². The van der Waals surface area contributed by atoms with Crippen LogP contribution in [0.25, 0.3) is 0 Å². The fourth-order valence-electron chi connectivity index (χ4n) is 1.58. The van der Waals surface area contributed by atoms with E-state index in [2.05, 4.69) is 15.6 Å². The molecule has 0 saturated carbocycles. The average molecular weight is 399 g/mol. The molecule has 1 aromatic carbocycles. The van der Waals surface area contributed by atoms with Crippen molar-refractivity contribution in [3.63, 3.8) is 0 Å². The molecule has 1 atom stereocenters. The van der Waals surface area contributed by atoms with Crippen LogP contribution in [0.3, 0.4) is 0 Å². The van der Waals surface area contributed by atoms with E-state index in [-0.39, 0.29) is 42.1 Å². The fraction of sp³-hybridized carbons (Fsp3) is 0.462. The second kappa shape index (κ2) is 9.87. The van der Waals surface area contributed by atoms with Gasteiger partial charge in [-0.05, 0) is 25.1 Å². The summed E-state index contributed by atoms with van der Waals surface area (Å²) in [6.45, 7) is 2.61. The maximum atomic E-state index is 13.4. The minimum atomic E-state index is -0.464. The van der Waals surface area contributed by atoms with E-state index in [1.165, 1.54) is 0 Å². The molecule has 7 heteroatoms. The SMILES string of the molecule is CN=C(NCc1cc(F)ccc1F)NC(C)COC.I. The molecule has 0 bridgehead atoms. The highest BCUT2D eigenvalue weighted by Crippen LogP contribution is 2.08. The van der Waals surface area contributed by atoms with Crippen molar-refractivity contribution in [2.75, 3.05) is 20.8 Å². The lowest BCUT2D eigenvalue weighted by Gasteiger charge is -2.17. The molecule has 1 aromatic rings. The van der Waals surface area contributed by atoms with Crippen LogP contribution in [0.1, 0.15) is 12.5 Å². The Morgan fingerprint density at radius 3 is 2.70 bits per heavy atom. The number of benzene rings is 1. The lowest BCUT2D eigenvalue weighted by atomic mass is 10.2. The van der Waals surface area contributed by atoms with Crippen LogP contribution in [0, 0.1) is 11.6 Å². The number of guanidine groups is 1. The van der Waals surface area contributed by atoms with Crippen LogP contribution < -0.4 is 10.6 Å². The predicted molar refractivity (Wildman–Crippen MR) is 86.4 cm³/mol. The first-order valence-corrected chi connectivity index (χ1v) is 5.97. The van der Waals surface area contributed by atoms with Crippen molar-refractivity contribution in [3.05, 3.63) is 35.4 Å². The number of ether oxygens (including phenoxy) is 1. The standard InChI is InChI=1S/C13H19F2N3O.HI/c1-9(8-19-3)18-13(16-2)17-7-10-6-11(14)4-5-12(10)15;/h4-6,9H,7-8H2,1-3H3,(H2,16,17,18);1H. The summed E-state index contributed by atoms with van der Waals surface area (Å²) < 4.78 is 31.4. The number of hydrogen-bond acceptors (Lipinski definition) is 2. The van der Waals surface area contributed by atoms with Gasteiger partial charge in [-0.1, -0.05) is 0 Å². The Kier molecular flexibility index (Phi) is 9.39. The zero-order valence-corrected chi connectivity index (χ0v) is 14.1. The molecule has 0 radical (unpaired) electrons. The highest BCUT2D eigenvalue weighted by Gasteiger charge is 2.07. The van der Waals surface area contributed by atoms with Gasteiger partial charge in [0.05, 0.1) is 6.61 Å². The molecule has 0 aliphatic heterocycles. The zero-order valence-electron chi connectivity index (χ0n) is 11.7. The lowest BCUT2D eigenvalue weighted by Crippen LogP contribution is -2.43. The number of rotatable bonds is 5. The van der Waals surface area contributed by atoms with Crippen molar-refractivity contribution in [2.45, 2.75) is 19.5 Å². The molecule has 0 amide bonds. The van der Waals surface area contributed by atoms with E-state index in [4.69, 9.17) is 4.74 Å². The number of methoxy groups -OCH3 is 1. The van der Waals surface area contributed by atoms with E-state index < -0.39 is 11.6 Å². The van der Waals surface area contributed by atoms with Crippen LogP contribution in [-0.2, 0) is 11.3 Å². The van der Waals surface area contributed by atoms with Crippen molar-refractivity contribution in [1.29, 1.82) is 0 Å². The van der Waals surface area contributed by atoms with Crippen LogP contribution in [0.5, 0.6) is 0 Å². The van der Waals surface area contributed by atoms with E-state index in [1.807, 2.05) is 6.92 Å². The minimum absolute atomic E-state index is 0. The van der Waals surface area contributed by atoms with Crippen LogP contribution in [0.4, 0.5) is 8.78 Å². The number of nitrogens with one attached hydrogen (secondary N) is 2. The Morgan fingerprint density at radius 1 is 1.40 bits per heavy atom. The highest BCUT2D eigenvalue weighted by molar-refractivity contribution is 14.0. The van der Waals surface area contributed by atoms with Crippen molar-refractivity contribution in [3.8, 4) is 0 Å². The van der Waals surface area contributed by atoms with Crippen LogP contribution in [0.15, 0.2) is 23.2 Å². The molecule has 0 heterocycles. The monoisotopic (exact) mass is 399 g/mol. The average Bonchev–Trinajstić information content (AvgIpc) is 2.38. The van der Waals surface area contributed by atoms with E-state index in [0.717, 1.165) is 18.2 Å². The second-order valence-electron chi connectivity index (χ2n) is 4.16. The Morgan fingerprint density at radius 2 is 2.10 bits per heavy atom. The Hall–Kier alpha value is -0.960. The van der Waals surface area contributed by atoms with Crippen LogP contribution >= 0.6 is 24.0 Å². The lowest BCUT2D eigenvalue weighted by molar-refractivity contribution is 0.179. The summed E-state index contributed by atoms with van der Waals surface area (Å²) in [5.41, 5.74) is 0.252. The fourth-order valence-corrected chi connectivity index (χ4v) is 1.58. The molecule has 0 aromatic heterocycles. The number of hydrogen-bond donors (Lipinski definition) is 2. The van der Waals surface area contributed by atoms with Crippen molar-refractivity contribution in [1.82, 2.24) is 10.6 Å². The zero-order chi connectivity index (χ0) is 14.3. The van der Waals surface area contributed by atoms with E-state index in [0.29, 0.717) is 12.6 Å². The van der Waals surface area contributed by atoms with Gasteiger partial charge >= 0.3 is 0 Å². The third kappa shape index (κ3) is 6.47. The van der Waals surface area contributed by atoms with Gasteiger partial charge in [-0.3, -0.25) is 4.99 Å². The maximum Gasteiger partial charge on any atom is 0.191 e. The third-order valence-corrected chi connectivity index (χ3v) is 2.48. The summed E-state index contributed by atoms with van der Waals surface area (Å²) in [5.74, 6) is -0.406. The van der Waals surface area contributed by atoms with Gasteiger partial charge in [0, 0.05) is 32.3 Å². The molecule has 1 rings (SSSR count). The van der Waals surface area contributed by atoms with Gasteiger partial charge in [0.15, 0.2) is 5.96 Å². The summed E-state index contributed by atoms with van der Waals surface area (Å²) in [6, 6.07) is 3.42. The topological polar surface area (TPSA) is 45.7 Å². The molecular formula is C13H20F2IN3O. The summed E-state index contributed by atoms with van der Waals surface area (Å²) in [6.07, 6.45) is 0. The van der Waals surface area contributed by atoms with Crippen LogP contribution in [0.2, 0.25) is 0 Å². The molecule has 2 N–H and O–H groups in total. The maximum absolute atomic E-state index is 13.4. The minimum Gasteiger partial charge on any atom is -0.383 e. The molecule has 114 valence electrons. The first-order chi connectivity index (χ1) is 9.06. The largest absolute Gasteiger partial charge is 0.383 e. The molecule has 4 nitrogen and oxygen atoms in total. The second-order valence-corrected chi connectivity index (χ2v) is 4.16. The molecule has 1 unspecified atom stereocenters. The smallest absolute Gasteiger partial charge is 0.191 e. The van der Waals surface area contributed by atoms with Gasteiger partial charge in [-0.25, -0.2) is 8.78 Å². The quantitative estimate of drug-likeness (QED) is 0.454. The van der Waals surface area contributed by atoms with Gasteiger partial charge in [0.1, 0.15) is 11.6 Å². The Balaban J connectivity index is 0.00000361. The molecule has 20 heavy (non-hydrogen) atoms. The van der Waals surface area contributed by atoms with Gasteiger partial charge < -0.3 is 15.4 Å². The van der Waals surface area contributed by atoms with Crippen molar-refractivity contribution in [2.24, 2.45) is 4.99 Å². The molecule has 0 saturated heterocycles. The molecule has 0 aliphatic rings. The van der Waals surface area contributed by atoms with Gasteiger partial charge in [-0.2, -0.15) is 0 Å². The van der Waals surface area contributed by atoms with Gasteiger partial charge in [0.2, 0.25) is 0 Å².